The summed E-state index contributed by atoms with van der Waals surface area (Å²) < 4.78 is 5.51. The molecular weight excluding hydrogens is 252 g/mol. The van der Waals surface area contributed by atoms with Crippen LogP contribution in [0.15, 0.2) is 0 Å². The number of hydrogen-bond donors (Lipinski definition) is 2. The lowest BCUT2D eigenvalue weighted by Gasteiger charge is -2.29. The Balaban J connectivity index is 1.71. The Kier molecular flexibility index (Phi) is 6.30. The van der Waals surface area contributed by atoms with Crippen LogP contribution < -0.4 is 10.6 Å². The van der Waals surface area contributed by atoms with Crippen LogP contribution in [0.25, 0.3) is 0 Å². The first kappa shape index (κ1) is 15.8. The second-order valence-electron chi connectivity index (χ2n) is 6.43. The summed E-state index contributed by atoms with van der Waals surface area (Å²) in [6.45, 7) is 5.56. The van der Waals surface area contributed by atoms with E-state index in [-0.39, 0.29) is 5.91 Å². The molecule has 1 unspecified atom stereocenters. The summed E-state index contributed by atoms with van der Waals surface area (Å²) >= 11 is 0. The lowest BCUT2D eigenvalue weighted by atomic mass is 9.83. The van der Waals surface area contributed by atoms with Crippen molar-refractivity contribution < 1.29 is 9.53 Å². The van der Waals surface area contributed by atoms with Crippen molar-refractivity contribution in [2.45, 2.75) is 64.3 Å². The molecule has 0 spiro atoms. The molecule has 2 aliphatic rings. The topological polar surface area (TPSA) is 50.4 Å². The molecule has 2 fully saturated rings. The van der Waals surface area contributed by atoms with Crippen LogP contribution in [0.3, 0.4) is 0 Å². The van der Waals surface area contributed by atoms with Crippen molar-refractivity contribution in [2.75, 3.05) is 26.3 Å². The summed E-state index contributed by atoms with van der Waals surface area (Å²) in [6.07, 6.45) is 9.14. The van der Waals surface area contributed by atoms with Crippen LogP contribution in [0.2, 0.25) is 0 Å². The van der Waals surface area contributed by atoms with Gasteiger partial charge in [0, 0.05) is 32.2 Å². The fourth-order valence-corrected chi connectivity index (χ4v) is 3.59. The van der Waals surface area contributed by atoms with E-state index in [0.717, 1.165) is 39.1 Å². The van der Waals surface area contributed by atoms with Crippen LogP contribution in [0.5, 0.6) is 0 Å². The Hall–Kier alpha value is -0.610. The summed E-state index contributed by atoms with van der Waals surface area (Å²) in [4.78, 5) is 12.0. The molecule has 4 nitrogen and oxygen atoms in total. The maximum atomic E-state index is 12.0. The molecule has 0 bridgehead atoms. The first-order valence-corrected chi connectivity index (χ1v) is 8.32. The van der Waals surface area contributed by atoms with Gasteiger partial charge in [-0.1, -0.05) is 12.8 Å². The molecule has 1 saturated heterocycles. The molecule has 116 valence electrons. The smallest absolute Gasteiger partial charge is 0.221 e. The fourth-order valence-electron chi connectivity index (χ4n) is 3.59. The molecule has 0 radical (unpaired) electrons. The molecule has 1 aliphatic carbocycles. The normalized spacial score (nSPS) is 24.9. The molecule has 0 aromatic carbocycles. The summed E-state index contributed by atoms with van der Waals surface area (Å²) in [6, 6.07) is 0.401. The molecule has 1 saturated carbocycles. The summed E-state index contributed by atoms with van der Waals surface area (Å²) in [5.41, 5.74) is 0.300. The van der Waals surface area contributed by atoms with Gasteiger partial charge < -0.3 is 15.4 Å². The van der Waals surface area contributed by atoms with E-state index in [9.17, 15) is 4.79 Å². The van der Waals surface area contributed by atoms with Gasteiger partial charge in [0.2, 0.25) is 5.91 Å². The summed E-state index contributed by atoms with van der Waals surface area (Å²) in [7, 11) is 0. The third-order valence-electron chi connectivity index (χ3n) is 4.90. The van der Waals surface area contributed by atoms with E-state index in [4.69, 9.17) is 4.74 Å². The van der Waals surface area contributed by atoms with E-state index in [0.29, 0.717) is 17.9 Å². The van der Waals surface area contributed by atoms with Crippen molar-refractivity contribution in [3.05, 3.63) is 0 Å². The molecule has 0 aromatic rings. The molecule has 1 amide bonds. The number of carbonyl (C=O) groups excluding carboxylic acids is 1. The number of nitrogens with one attached hydrogen (secondary N) is 2. The fraction of sp³-hybridized carbons (Fsp3) is 0.938. The Morgan fingerprint density at radius 3 is 2.80 bits per heavy atom. The van der Waals surface area contributed by atoms with Gasteiger partial charge in [0.25, 0.3) is 0 Å². The number of amides is 1. The Morgan fingerprint density at radius 1 is 1.35 bits per heavy atom. The Bertz CT molecular complexity index is 295. The Morgan fingerprint density at radius 2 is 2.15 bits per heavy atom. The van der Waals surface area contributed by atoms with Gasteiger partial charge in [-0.05, 0) is 51.0 Å². The second kappa shape index (κ2) is 7.99. The van der Waals surface area contributed by atoms with Gasteiger partial charge in [-0.25, -0.2) is 0 Å². The van der Waals surface area contributed by atoms with E-state index < -0.39 is 0 Å². The lowest BCUT2D eigenvalue weighted by molar-refractivity contribution is -0.122. The van der Waals surface area contributed by atoms with Gasteiger partial charge in [-0.3, -0.25) is 4.79 Å². The molecule has 2 rings (SSSR count). The SMILES string of the molecule is CCOCCC1(CNC(=O)CC2CCCN2)CCCC1. The zero-order valence-electron chi connectivity index (χ0n) is 12.9. The van der Waals surface area contributed by atoms with Gasteiger partial charge >= 0.3 is 0 Å². The number of carbonyl (C=O) groups is 1. The molecular formula is C16H30N2O2. The number of rotatable bonds is 8. The first-order chi connectivity index (χ1) is 9.74. The standard InChI is InChI=1S/C16H30N2O2/c1-2-20-11-9-16(7-3-4-8-16)13-18-15(19)12-14-6-5-10-17-14/h14,17H,2-13H2,1H3,(H,18,19). The summed E-state index contributed by atoms with van der Waals surface area (Å²) in [5, 5.41) is 6.57. The lowest BCUT2D eigenvalue weighted by Crippen LogP contribution is -2.39. The van der Waals surface area contributed by atoms with Gasteiger partial charge in [-0.2, -0.15) is 0 Å². The number of hydrogen-bond acceptors (Lipinski definition) is 3. The predicted molar refractivity (Wildman–Crippen MR) is 80.7 cm³/mol. The van der Waals surface area contributed by atoms with Crippen molar-refractivity contribution in [1.82, 2.24) is 10.6 Å². The quantitative estimate of drug-likeness (QED) is 0.671. The van der Waals surface area contributed by atoms with Gasteiger partial charge in [0.15, 0.2) is 0 Å². The maximum Gasteiger partial charge on any atom is 0.221 e. The highest BCUT2D eigenvalue weighted by Gasteiger charge is 2.34. The molecule has 0 aromatic heterocycles. The van der Waals surface area contributed by atoms with Gasteiger partial charge in [0.1, 0.15) is 0 Å². The second-order valence-corrected chi connectivity index (χ2v) is 6.43. The molecule has 2 N–H and O–H groups in total. The highest BCUT2D eigenvalue weighted by molar-refractivity contribution is 5.76. The van der Waals surface area contributed by atoms with Crippen molar-refractivity contribution in [3.63, 3.8) is 0 Å². The van der Waals surface area contributed by atoms with Gasteiger partial charge in [0.05, 0.1) is 0 Å². The van der Waals surface area contributed by atoms with E-state index in [1.54, 1.807) is 0 Å². The van der Waals surface area contributed by atoms with Crippen LogP contribution in [-0.4, -0.2) is 38.3 Å². The minimum absolute atomic E-state index is 0.215. The third kappa shape index (κ3) is 4.74. The number of ether oxygens (including phenoxy) is 1. The zero-order chi connectivity index (χ0) is 14.3. The van der Waals surface area contributed by atoms with E-state index >= 15 is 0 Å². The van der Waals surface area contributed by atoms with Crippen molar-refractivity contribution in [2.24, 2.45) is 5.41 Å². The average Bonchev–Trinajstić information content (AvgIpc) is 3.09. The van der Waals surface area contributed by atoms with E-state index in [1.165, 1.54) is 32.1 Å². The predicted octanol–water partition coefficient (Wildman–Crippen LogP) is 2.23. The monoisotopic (exact) mass is 282 g/mol. The van der Waals surface area contributed by atoms with Crippen molar-refractivity contribution >= 4 is 5.91 Å². The highest BCUT2D eigenvalue weighted by Crippen LogP contribution is 2.40. The molecule has 1 atom stereocenters. The average molecular weight is 282 g/mol. The van der Waals surface area contributed by atoms with Crippen LogP contribution in [0, 0.1) is 5.41 Å². The molecule has 4 heteroatoms. The maximum absolute atomic E-state index is 12.0. The molecule has 1 heterocycles. The highest BCUT2D eigenvalue weighted by atomic mass is 16.5. The minimum Gasteiger partial charge on any atom is -0.382 e. The van der Waals surface area contributed by atoms with Crippen molar-refractivity contribution in [3.8, 4) is 0 Å². The largest absolute Gasteiger partial charge is 0.382 e. The Labute approximate surface area is 123 Å². The first-order valence-electron chi connectivity index (χ1n) is 8.32. The van der Waals surface area contributed by atoms with Crippen LogP contribution in [0.4, 0.5) is 0 Å². The summed E-state index contributed by atoms with van der Waals surface area (Å²) in [5.74, 6) is 0.215. The minimum atomic E-state index is 0.215. The third-order valence-corrected chi connectivity index (χ3v) is 4.90. The molecule has 1 aliphatic heterocycles. The van der Waals surface area contributed by atoms with Crippen LogP contribution in [-0.2, 0) is 9.53 Å². The van der Waals surface area contributed by atoms with E-state index in [1.807, 2.05) is 6.92 Å². The zero-order valence-corrected chi connectivity index (χ0v) is 12.9. The van der Waals surface area contributed by atoms with Crippen molar-refractivity contribution in [1.29, 1.82) is 0 Å². The van der Waals surface area contributed by atoms with Crippen LogP contribution in [0.1, 0.15) is 58.3 Å². The van der Waals surface area contributed by atoms with E-state index in [2.05, 4.69) is 10.6 Å². The molecule has 20 heavy (non-hydrogen) atoms. The van der Waals surface area contributed by atoms with Crippen LogP contribution >= 0.6 is 0 Å². The van der Waals surface area contributed by atoms with Gasteiger partial charge in [-0.15, -0.1) is 0 Å².